The van der Waals surface area contributed by atoms with Gasteiger partial charge in [0.05, 0.1) is 28.4 Å². The molecular formula is C26H19ClFN7O5. The Bertz CT molecular complexity index is 1770. The maximum atomic E-state index is 15.2. The summed E-state index contributed by atoms with van der Waals surface area (Å²) in [5.41, 5.74) is 1.18. The van der Waals surface area contributed by atoms with Crippen LogP contribution in [0.1, 0.15) is 47.1 Å². The number of nitrogens with one attached hydrogen (secondary N) is 1. The molecule has 2 aromatic carbocycles. The van der Waals surface area contributed by atoms with Crippen LogP contribution in [0.25, 0.3) is 16.9 Å². The summed E-state index contributed by atoms with van der Waals surface area (Å²) in [7, 11) is 0. The average molecular weight is 564 g/mol. The summed E-state index contributed by atoms with van der Waals surface area (Å²) in [4.78, 5) is 55.1. The number of halogens is 2. The van der Waals surface area contributed by atoms with E-state index in [0.29, 0.717) is 16.8 Å². The number of tetrazole rings is 1. The third-order valence-electron chi connectivity index (χ3n) is 6.90. The Labute approximate surface area is 229 Å². The number of esters is 1. The molecule has 2 aliphatic heterocycles. The largest absolute Gasteiger partial charge is 0.456 e. The number of carbonyl (C=O) groups is 3. The molecule has 12 nitrogen and oxygen atoms in total. The zero-order valence-corrected chi connectivity index (χ0v) is 21.6. The summed E-state index contributed by atoms with van der Waals surface area (Å²) in [6, 6.07) is 7.69. The van der Waals surface area contributed by atoms with Crippen molar-refractivity contribution in [2.45, 2.75) is 31.7 Å². The van der Waals surface area contributed by atoms with E-state index in [2.05, 4.69) is 25.8 Å². The molecular weight excluding hydrogens is 545 g/mol. The van der Waals surface area contributed by atoms with Gasteiger partial charge >= 0.3 is 5.97 Å². The maximum Gasteiger partial charge on any atom is 0.329 e. The molecule has 1 N–H and O–H groups in total. The second-order valence-corrected chi connectivity index (χ2v) is 9.91. The molecule has 4 heterocycles. The van der Waals surface area contributed by atoms with Gasteiger partial charge in [-0.1, -0.05) is 18.5 Å². The smallest absolute Gasteiger partial charge is 0.329 e. The normalized spacial score (nSPS) is 17.3. The molecule has 0 saturated heterocycles. The van der Waals surface area contributed by atoms with Crippen molar-refractivity contribution in [2.75, 3.05) is 11.9 Å². The van der Waals surface area contributed by atoms with Gasteiger partial charge in [-0.05, 0) is 52.7 Å². The summed E-state index contributed by atoms with van der Waals surface area (Å²) in [5, 5.41) is 13.4. The summed E-state index contributed by atoms with van der Waals surface area (Å²) in [5.74, 6) is -2.29. The molecule has 0 aliphatic carbocycles. The molecule has 2 aliphatic rings. The second-order valence-electron chi connectivity index (χ2n) is 9.50. The summed E-state index contributed by atoms with van der Waals surface area (Å²) in [6.07, 6.45) is 1.63. The van der Waals surface area contributed by atoms with Crippen LogP contribution in [0.5, 0.6) is 0 Å². The van der Waals surface area contributed by atoms with Crippen LogP contribution in [-0.4, -0.2) is 54.0 Å². The standard InChI is InChI=1S/C26H19ClFN7O5/c1-12-6-19(26(39)40-10-20(36)13-2-4-16-14(7-13)8-21(37)30-16)35-22(38)9-17(31-25(12)35)23-18(34-11-29-32-33-34)5-3-15(27)24(23)28/h2-5,7,9,11-12,19H,6,8,10H2,1H3,(H,30,37)/t12-,19-/m1/s1. The molecule has 2 aromatic heterocycles. The molecule has 40 heavy (non-hydrogen) atoms. The second kappa shape index (κ2) is 9.75. The number of rotatable bonds is 6. The van der Waals surface area contributed by atoms with Crippen molar-refractivity contribution in [2.24, 2.45) is 0 Å². The first kappa shape index (κ1) is 25.5. The number of Topliss-reactive ketones (excluding diaryl/α,β-unsaturated/α-hetero) is 1. The number of ether oxygens (including phenoxy) is 1. The summed E-state index contributed by atoms with van der Waals surface area (Å²) >= 11 is 6.03. The number of benzene rings is 2. The Balaban J connectivity index is 1.26. The van der Waals surface area contributed by atoms with Crippen molar-refractivity contribution in [1.82, 2.24) is 29.8 Å². The molecule has 202 valence electrons. The molecule has 4 aromatic rings. The lowest BCUT2D eigenvalue weighted by Gasteiger charge is -2.15. The third kappa shape index (κ3) is 4.33. The third-order valence-corrected chi connectivity index (χ3v) is 7.20. The van der Waals surface area contributed by atoms with Gasteiger partial charge in [0, 0.05) is 23.2 Å². The Hall–Kier alpha value is -4.78. The summed E-state index contributed by atoms with van der Waals surface area (Å²) in [6.45, 7) is 1.24. The minimum absolute atomic E-state index is 0.00220. The molecule has 0 saturated carbocycles. The number of hydrogen-bond donors (Lipinski definition) is 1. The predicted octanol–water partition coefficient (Wildman–Crippen LogP) is 2.65. The van der Waals surface area contributed by atoms with E-state index in [1.807, 2.05) is 0 Å². The topological polar surface area (TPSA) is 151 Å². The fourth-order valence-electron chi connectivity index (χ4n) is 5.01. The molecule has 0 fully saturated rings. The Morgan fingerprint density at radius 3 is 2.80 bits per heavy atom. The van der Waals surface area contributed by atoms with E-state index >= 15 is 4.39 Å². The zero-order valence-electron chi connectivity index (χ0n) is 20.8. The first-order valence-electron chi connectivity index (χ1n) is 12.2. The van der Waals surface area contributed by atoms with Crippen LogP contribution in [0, 0.1) is 5.82 Å². The quantitative estimate of drug-likeness (QED) is 0.276. The van der Waals surface area contributed by atoms with E-state index in [1.165, 1.54) is 27.7 Å². The van der Waals surface area contributed by atoms with Gasteiger partial charge in [-0.2, -0.15) is 4.68 Å². The lowest BCUT2D eigenvalue weighted by atomic mass is 10.1. The van der Waals surface area contributed by atoms with Gasteiger partial charge in [0.15, 0.2) is 18.2 Å². The minimum Gasteiger partial charge on any atom is -0.456 e. The van der Waals surface area contributed by atoms with Crippen LogP contribution in [0.4, 0.5) is 10.1 Å². The van der Waals surface area contributed by atoms with Gasteiger partial charge < -0.3 is 10.1 Å². The van der Waals surface area contributed by atoms with E-state index in [0.717, 1.165) is 6.07 Å². The molecule has 0 bridgehead atoms. The summed E-state index contributed by atoms with van der Waals surface area (Å²) < 4.78 is 23.0. The number of aromatic nitrogens is 6. The molecule has 14 heteroatoms. The number of amides is 1. The molecule has 2 atom stereocenters. The van der Waals surface area contributed by atoms with Crippen molar-refractivity contribution < 1.29 is 23.5 Å². The van der Waals surface area contributed by atoms with Crippen molar-refractivity contribution in [1.29, 1.82) is 0 Å². The van der Waals surface area contributed by atoms with Crippen molar-refractivity contribution in [3.05, 3.63) is 80.9 Å². The van der Waals surface area contributed by atoms with Gasteiger partial charge in [0.2, 0.25) is 5.91 Å². The Morgan fingerprint density at radius 1 is 1.20 bits per heavy atom. The van der Waals surface area contributed by atoms with Crippen molar-refractivity contribution in [3.8, 4) is 16.9 Å². The lowest BCUT2D eigenvalue weighted by Crippen LogP contribution is -2.30. The van der Waals surface area contributed by atoms with Crippen LogP contribution < -0.4 is 10.9 Å². The van der Waals surface area contributed by atoms with E-state index < -0.39 is 35.8 Å². The van der Waals surface area contributed by atoms with Crippen LogP contribution in [-0.2, 0) is 20.7 Å². The highest BCUT2D eigenvalue weighted by Gasteiger charge is 2.37. The van der Waals surface area contributed by atoms with Crippen LogP contribution in [0.2, 0.25) is 5.02 Å². The number of ketones is 1. The lowest BCUT2D eigenvalue weighted by molar-refractivity contribution is -0.146. The van der Waals surface area contributed by atoms with Gasteiger partial charge in [0.25, 0.3) is 5.56 Å². The fourth-order valence-corrected chi connectivity index (χ4v) is 5.17. The highest BCUT2D eigenvalue weighted by atomic mass is 35.5. The van der Waals surface area contributed by atoms with Gasteiger partial charge in [-0.15, -0.1) is 5.10 Å². The van der Waals surface area contributed by atoms with E-state index in [-0.39, 0.29) is 52.5 Å². The Kier molecular flexibility index (Phi) is 6.22. The van der Waals surface area contributed by atoms with Gasteiger partial charge in [0.1, 0.15) is 18.2 Å². The molecule has 0 spiro atoms. The number of anilines is 1. The van der Waals surface area contributed by atoms with Crippen LogP contribution >= 0.6 is 11.6 Å². The Morgan fingerprint density at radius 2 is 2.02 bits per heavy atom. The molecule has 0 unspecified atom stereocenters. The minimum atomic E-state index is -1.02. The monoisotopic (exact) mass is 563 g/mol. The highest BCUT2D eigenvalue weighted by molar-refractivity contribution is 6.31. The van der Waals surface area contributed by atoms with E-state index in [9.17, 15) is 19.2 Å². The zero-order chi connectivity index (χ0) is 28.1. The SMILES string of the molecule is C[C@@H]1C[C@H](C(=O)OCC(=O)c2ccc3c(c2)CC(=O)N3)n2c1nc(-c1c(-n3cnnn3)ccc(Cl)c1F)cc2=O. The number of carbonyl (C=O) groups excluding carboxylic acids is 3. The number of nitrogens with zero attached hydrogens (tertiary/aromatic N) is 6. The fraction of sp³-hybridized carbons (Fsp3) is 0.231. The molecule has 6 rings (SSSR count). The van der Waals surface area contributed by atoms with Crippen molar-refractivity contribution in [3.63, 3.8) is 0 Å². The predicted molar refractivity (Wildman–Crippen MR) is 138 cm³/mol. The van der Waals surface area contributed by atoms with Crippen LogP contribution in [0.15, 0.2) is 47.5 Å². The van der Waals surface area contributed by atoms with Crippen LogP contribution in [0.3, 0.4) is 0 Å². The van der Waals surface area contributed by atoms with Gasteiger partial charge in [-0.3, -0.25) is 19.0 Å². The molecule has 1 amide bonds. The number of fused-ring (bicyclic) bond motifs is 2. The first-order chi connectivity index (χ1) is 19.2. The van der Waals surface area contributed by atoms with E-state index in [1.54, 1.807) is 25.1 Å². The van der Waals surface area contributed by atoms with Gasteiger partial charge in [-0.25, -0.2) is 14.2 Å². The highest BCUT2D eigenvalue weighted by Crippen LogP contribution is 2.37. The van der Waals surface area contributed by atoms with Crippen molar-refractivity contribution >= 4 is 34.9 Å². The first-order valence-corrected chi connectivity index (χ1v) is 12.6. The molecule has 0 radical (unpaired) electrons. The maximum absolute atomic E-state index is 15.2. The average Bonchev–Trinajstić information content (AvgIpc) is 3.67. The number of hydrogen-bond acceptors (Lipinski definition) is 9. The van der Waals surface area contributed by atoms with E-state index in [4.69, 9.17) is 16.3 Å².